The van der Waals surface area contributed by atoms with E-state index in [1.807, 2.05) is 0 Å². The van der Waals surface area contributed by atoms with E-state index >= 15 is 0 Å². The van der Waals surface area contributed by atoms with Gasteiger partial charge in [-0.05, 0) is 22.9 Å². The monoisotopic (exact) mass is 288 g/mol. The van der Waals surface area contributed by atoms with Crippen molar-refractivity contribution in [2.75, 3.05) is 7.11 Å². The van der Waals surface area contributed by atoms with E-state index in [-0.39, 0.29) is 11.1 Å². The molecule has 0 bridgehead atoms. The summed E-state index contributed by atoms with van der Waals surface area (Å²) in [5, 5.41) is 1.60. The molecule has 3 rings (SSSR count). The van der Waals surface area contributed by atoms with Gasteiger partial charge in [0.05, 0.1) is 12.5 Å². The first-order valence-corrected chi connectivity index (χ1v) is 6.17. The highest BCUT2D eigenvalue weighted by atomic mass is 19.2. The van der Waals surface area contributed by atoms with Crippen molar-refractivity contribution < 1.29 is 23.0 Å². The van der Waals surface area contributed by atoms with Crippen molar-refractivity contribution >= 4 is 27.7 Å². The van der Waals surface area contributed by atoms with Crippen LogP contribution in [0.3, 0.4) is 0 Å². The van der Waals surface area contributed by atoms with E-state index in [4.69, 9.17) is 4.74 Å². The Bertz CT molecular complexity index is 859. The summed E-state index contributed by atoms with van der Waals surface area (Å²) in [7, 11) is 1.15. The summed E-state index contributed by atoms with van der Waals surface area (Å²) in [6.45, 7) is 0. The van der Waals surface area contributed by atoms with Gasteiger partial charge < -0.3 is 9.47 Å². The Morgan fingerprint density at radius 3 is 2.57 bits per heavy atom. The van der Waals surface area contributed by atoms with Gasteiger partial charge in [-0.25, -0.2) is 13.6 Å². The lowest BCUT2D eigenvalue weighted by atomic mass is 10.0. The smallest absolute Gasteiger partial charge is 0.437 e. The standard InChI is InChI=1S/C16H10F2O3/c1-20-16(19)21-15-11-5-3-2-4-9(11)8-10-6-7-12(17)14(18)13(10)15/h2-8H,1H3. The Morgan fingerprint density at radius 1 is 1.05 bits per heavy atom. The number of methoxy groups -OCH3 is 1. The van der Waals surface area contributed by atoms with Gasteiger partial charge in [0.1, 0.15) is 0 Å². The molecule has 21 heavy (non-hydrogen) atoms. The van der Waals surface area contributed by atoms with Crippen molar-refractivity contribution in [3.05, 3.63) is 54.1 Å². The predicted molar refractivity (Wildman–Crippen MR) is 74.4 cm³/mol. The lowest BCUT2D eigenvalue weighted by molar-refractivity contribution is 0.122. The molecule has 3 aromatic carbocycles. The zero-order chi connectivity index (χ0) is 15.0. The highest BCUT2D eigenvalue weighted by Gasteiger charge is 2.18. The molecule has 3 nitrogen and oxygen atoms in total. The van der Waals surface area contributed by atoms with Crippen LogP contribution in [0.5, 0.6) is 5.75 Å². The first kappa shape index (κ1) is 13.3. The summed E-state index contributed by atoms with van der Waals surface area (Å²) < 4.78 is 37.1. The Kier molecular flexibility index (Phi) is 3.17. The van der Waals surface area contributed by atoms with Gasteiger partial charge in [0, 0.05) is 5.39 Å². The number of hydrogen-bond acceptors (Lipinski definition) is 3. The van der Waals surface area contributed by atoms with Crippen LogP contribution in [-0.4, -0.2) is 13.3 Å². The number of rotatable bonds is 1. The van der Waals surface area contributed by atoms with Gasteiger partial charge in [-0.1, -0.05) is 30.3 Å². The van der Waals surface area contributed by atoms with Gasteiger partial charge in [0.25, 0.3) is 0 Å². The van der Waals surface area contributed by atoms with Gasteiger partial charge in [-0.3, -0.25) is 0 Å². The van der Waals surface area contributed by atoms with E-state index in [1.54, 1.807) is 30.3 Å². The van der Waals surface area contributed by atoms with Crippen LogP contribution in [0.2, 0.25) is 0 Å². The minimum absolute atomic E-state index is 0.0491. The van der Waals surface area contributed by atoms with Crippen LogP contribution < -0.4 is 4.74 Å². The second-order valence-electron chi connectivity index (χ2n) is 4.44. The first-order chi connectivity index (χ1) is 10.1. The molecule has 3 aromatic rings. The molecular formula is C16H10F2O3. The molecule has 0 N–H and O–H groups in total. The molecule has 0 fully saturated rings. The lowest BCUT2D eigenvalue weighted by Crippen LogP contribution is -2.08. The van der Waals surface area contributed by atoms with E-state index in [9.17, 15) is 13.6 Å². The predicted octanol–water partition coefficient (Wildman–Crippen LogP) is 4.42. The van der Waals surface area contributed by atoms with Gasteiger partial charge in [0.15, 0.2) is 17.4 Å². The molecule has 0 spiro atoms. The Hall–Kier alpha value is -2.69. The van der Waals surface area contributed by atoms with Crippen molar-refractivity contribution in [1.82, 2.24) is 0 Å². The maximum atomic E-state index is 14.1. The van der Waals surface area contributed by atoms with Crippen molar-refractivity contribution in [3.63, 3.8) is 0 Å². The van der Waals surface area contributed by atoms with Crippen LogP contribution >= 0.6 is 0 Å². The van der Waals surface area contributed by atoms with Crippen molar-refractivity contribution in [3.8, 4) is 5.75 Å². The number of benzene rings is 3. The molecular weight excluding hydrogens is 278 g/mol. The SMILES string of the molecule is COC(=O)Oc1c2ccccc2cc2ccc(F)c(F)c12. The van der Waals surface area contributed by atoms with Crippen molar-refractivity contribution in [2.24, 2.45) is 0 Å². The maximum absolute atomic E-state index is 14.1. The maximum Gasteiger partial charge on any atom is 0.513 e. The minimum atomic E-state index is -1.06. The van der Waals surface area contributed by atoms with Gasteiger partial charge in [-0.2, -0.15) is 0 Å². The van der Waals surface area contributed by atoms with Gasteiger partial charge >= 0.3 is 6.16 Å². The second kappa shape index (κ2) is 5.01. The lowest BCUT2D eigenvalue weighted by Gasteiger charge is -2.11. The molecule has 0 unspecified atom stereocenters. The first-order valence-electron chi connectivity index (χ1n) is 6.17. The third-order valence-corrected chi connectivity index (χ3v) is 3.22. The number of hydrogen-bond donors (Lipinski definition) is 0. The van der Waals surface area contributed by atoms with Gasteiger partial charge in [-0.15, -0.1) is 0 Å². The third-order valence-electron chi connectivity index (χ3n) is 3.22. The van der Waals surface area contributed by atoms with Crippen molar-refractivity contribution in [1.29, 1.82) is 0 Å². The van der Waals surface area contributed by atoms with Crippen LogP contribution in [0, 0.1) is 11.6 Å². The van der Waals surface area contributed by atoms with Gasteiger partial charge in [0.2, 0.25) is 0 Å². The zero-order valence-corrected chi connectivity index (χ0v) is 11.0. The van der Waals surface area contributed by atoms with E-state index in [0.717, 1.165) is 18.6 Å². The average molecular weight is 288 g/mol. The molecule has 0 saturated carbocycles. The molecule has 0 aromatic heterocycles. The molecule has 0 saturated heterocycles. The topological polar surface area (TPSA) is 35.5 Å². The Balaban J connectivity index is 2.44. The summed E-state index contributed by atoms with van der Waals surface area (Å²) in [4.78, 5) is 11.4. The van der Waals surface area contributed by atoms with Crippen LogP contribution in [0.25, 0.3) is 21.5 Å². The largest absolute Gasteiger partial charge is 0.513 e. The molecule has 0 aliphatic carbocycles. The zero-order valence-electron chi connectivity index (χ0n) is 11.0. The highest BCUT2D eigenvalue weighted by molar-refractivity contribution is 6.06. The summed E-state index contributed by atoms with van der Waals surface area (Å²) in [6.07, 6.45) is -0.990. The summed E-state index contributed by atoms with van der Waals surface area (Å²) in [6, 6.07) is 11.2. The van der Waals surface area contributed by atoms with Crippen LogP contribution in [0.1, 0.15) is 0 Å². The molecule has 0 heterocycles. The van der Waals surface area contributed by atoms with E-state index < -0.39 is 17.8 Å². The number of ether oxygens (including phenoxy) is 2. The van der Waals surface area contributed by atoms with Crippen molar-refractivity contribution in [2.45, 2.75) is 0 Å². The van der Waals surface area contributed by atoms with Crippen LogP contribution in [0.15, 0.2) is 42.5 Å². The third kappa shape index (κ3) is 2.16. The molecule has 5 heteroatoms. The Morgan fingerprint density at radius 2 is 1.81 bits per heavy atom. The number of carbonyl (C=O) groups excluding carboxylic acids is 1. The average Bonchev–Trinajstić information content (AvgIpc) is 2.50. The quantitative estimate of drug-likeness (QED) is 0.378. The molecule has 0 amide bonds. The van der Waals surface area contributed by atoms with E-state index in [1.165, 1.54) is 6.07 Å². The molecule has 106 valence electrons. The molecule has 0 aliphatic rings. The van der Waals surface area contributed by atoms with E-state index in [0.29, 0.717) is 10.8 Å². The van der Waals surface area contributed by atoms with Crippen LogP contribution in [-0.2, 0) is 4.74 Å². The Labute approximate surface area is 118 Å². The fourth-order valence-electron chi connectivity index (χ4n) is 2.28. The van der Waals surface area contributed by atoms with E-state index in [2.05, 4.69) is 4.74 Å². The number of halogens is 2. The molecule has 0 radical (unpaired) electrons. The number of carbonyl (C=O) groups is 1. The molecule has 0 atom stereocenters. The normalized spacial score (nSPS) is 10.8. The summed E-state index contributed by atoms with van der Waals surface area (Å²) in [5.41, 5.74) is 0. The van der Waals surface area contributed by atoms with Crippen LogP contribution in [0.4, 0.5) is 13.6 Å². The molecule has 0 aliphatic heterocycles. The fraction of sp³-hybridized carbons (Fsp3) is 0.0625. The summed E-state index contributed by atoms with van der Waals surface area (Å²) in [5.74, 6) is -2.11. The minimum Gasteiger partial charge on any atom is -0.437 e. The summed E-state index contributed by atoms with van der Waals surface area (Å²) >= 11 is 0. The fourth-order valence-corrected chi connectivity index (χ4v) is 2.28. The second-order valence-corrected chi connectivity index (χ2v) is 4.44. The number of fused-ring (bicyclic) bond motifs is 2. The highest BCUT2D eigenvalue weighted by Crippen LogP contribution is 2.37.